The SMILES string of the molecule is CC/C=C\C/C=C\C/C=C\C/C=C\C/C=C\C/C=C\C/C=C\C/C=C\C/C=C\CCCCCC(=O)OCC(COC(=O)CCCCCCC)OC(=O)CCCCCCCCCCCCCCCCCCCCCCCC. The van der Waals surface area contributed by atoms with E-state index in [0.717, 1.165) is 128 Å². The van der Waals surface area contributed by atoms with Crippen LogP contribution in [0.2, 0.25) is 0 Å². The molecule has 0 fully saturated rings. The molecule has 0 spiro atoms. The molecule has 0 amide bonds. The van der Waals surface area contributed by atoms with Crippen LogP contribution in [-0.4, -0.2) is 37.2 Å². The van der Waals surface area contributed by atoms with Crippen molar-refractivity contribution in [3.8, 4) is 0 Å². The lowest BCUT2D eigenvalue weighted by atomic mass is 10.0. The van der Waals surface area contributed by atoms with Gasteiger partial charge in [-0.1, -0.05) is 297 Å². The lowest BCUT2D eigenvalue weighted by molar-refractivity contribution is -0.167. The first-order valence-electron chi connectivity index (χ1n) is 31.9. The summed E-state index contributed by atoms with van der Waals surface area (Å²) in [6, 6.07) is 0. The Hall–Kier alpha value is -3.93. The zero-order chi connectivity index (χ0) is 55.0. The van der Waals surface area contributed by atoms with Crippen LogP contribution in [0.1, 0.15) is 297 Å². The van der Waals surface area contributed by atoms with Crippen LogP contribution >= 0.6 is 0 Å². The highest BCUT2D eigenvalue weighted by Gasteiger charge is 2.19. The molecule has 0 saturated heterocycles. The van der Waals surface area contributed by atoms with Gasteiger partial charge in [-0.25, -0.2) is 0 Å². The third-order valence-electron chi connectivity index (χ3n) is 13.5. The third kappa shape index (κ3) is 60.9. The van der Waals surface area contributed by atoms with E-state index in [1.807, 2.05) is 0 Å². The predicted molar refractivity (Wildman–Crippen MR) is 330 cm³/mol. The van der Waals surface area contributed by atoms with Crippen LogP contribution in [0.5, 0.6) is 0 Å². The van der Waals surface area contributed by atoms with Crippen molar-refractivity contribution in [2.75, 3.05) is 13.2 Å². The summed E-state index contributed by atoms with van der Waals surface area (Å²) < 4.78 is 16.7. The Morgan fingerprint density at radius 1 is 0.276 bits per heavy atom. The Balaban J connectivity index is 4.13. The number of hydrogen-bond acceptors (Lipinski definition) is 6. The standard InChI is InChI=1S/C70H118O6/c1-4-7-10-13-15-17-19-21-23-25-27-29-31-32-33-34-35-36-37-38-39-41-42-44-46-48-50-52-54-57-60-63-69(72)75-66-67(65-74-68(71)62-59-56-12-9-6-3)76-70(73)64-61-58-55-53-51-49-47-45-43-40-30-28-26-24-22-20-18-16-14-11-8-5-2/h7,10,15,17,21,23,27,29,32-33,35-36,38-39,42,44,48,50,67H,4-6,8-9,11-14,16,18-20,22,24-26,28,30-31,34,37,40-41,43,45-47,49,51-66H2,1-3H3/b10-7-,17-15-,23-21-,29-27-,33-32-,36-35-,39-38-,44-42-,50-48-. The molecule has 0 heterocycles. The minimum Gasteiger partial charge on any atom is -0.462 e. The van der Waals surface area contributed by atoms with Crippen LogP contribution in [0.15, 0.2) is 109 Å². The number of allylic oxidation sites excluding steroid dienone is 18. The number of esters is 3. The molecule has 0 aromatic rings. The summed E-state index contributed by atoms with van der Waals surface area (Å²) in [5.74, 6) is -0.929. The molecule has 76 heavy (non-hydrogen) atoms. The zero-order valence-corrected chi connectivity index (χ0v) is 49.7. The molecule has 434 valence electrons. The van der Waals surface area contributed by atoms with Gasteiger partial charge in [-0.15, -0.1) is 0 Å². The Bertz CT molecular complexity index is 1540. The molecule has 0 radical (unpaired) electrons. The molecular weight excluding hydrogens is 937 g/mol. The Morgan fingerprint density at radius 3 is 0.803 bits per heavy atom. The Labute approximate surface area is 470 Å². The van der Waals surface area contributed by atoms with Gasteiger partial charge in [-0.3, -0.25) is 14.4 Å². The van der Waals surface area contributed by atoms with Crippen LogP contribution in [0.25, 0.3) is 0 Å². The Kier molecular flexibility index (Phi) is 60.3. The summed E-state index contributed by atoms with van der Waals surface area (Å²) in [5.41, 5.74) is 0. The number of unbranched alkanes of at least 4 members (excludes halogenated alkanes) is 28. The van der Waals surface area contributed by atoms with E-state index in [1.54, 1.807) is 0 Å². The van der Waals surface area contributed by atoms with Gasteiger partial charge < -0.3 is 14.2 Å². The van der Waals surface area contributed by atoms with Crippen LogP contribution in [0.4, 0.5) is 0 Å². The van der Waals surface area contributed by atoms with Gasteiger partial charge in [0.05, 0.1) is 0 Å². The number of ether oxygens (including phenoxy) is 3. The number of carbonyl (C=O) groups is 3. The second-order valence-corrected chi connectivity index (χ2v) is 21.0. The second-order valence-electron chi connectivity index (χ2n) is 21.0. The highest BCUT2D eigenvalue weighted by atomic mass is 16.6. The lowest BCUT2D eigenvalue weighted by Gasteiger charge is -2.18. The molecule has 1 atom stereocenters. The fourth-order valence-electron chi connectivity index (χ4n) is 8.79. The second kappa shape index (κ2) is 63.6. The fraction of sp³-hybridized carbons (Fsp3) is 0.700. The van der Waals surface area contributed by atoms with E-state index in [0.29, 0.717) is 19.3 Å². The molecule has 6 heteroatoms. The van der Waals surface area contributed by atoms with Gasteiger partial charge in [0.15, 0.2) is 6.10 Å². The van der Waals surface area contributed by atoms with Crippen molar-refractivity contribution in [3.05, 3.63) is 109 Å². The number of rotatable bonds is 57. The van der Waals surface area contributed by atoms with Crippen LogP contribution in [-0.2, 0) is 28.6 Å². The van der Waals surface area contributed by atoms with Crippen molar-refractivity contribution in [1.82, 2.24) is 0 Å². The lowest BCUT2D eigenvalue weighted by Crippen LogP contribution is -2.30. The predicted octanol–water partition coefficient (Wildman–Crippen LogP) is 21.8. The molecular formula is C70H118O6. The largest absolute Gasteiger partial charge is 0.462 e. The monoisotopic (exact) mass is 1050 g/mol. The zero-order valence-electron chi connectivity index (χ0n) is 49.7. The average Bonchev–Trinajstić information content (AvgIpc) is 3.42. The van der Waals surface area contributed by atoms with E-state index in [4.69, 9.17) is 14.2 Å². The van der Waals surface area contributed by atoms with Gasteiger partial charge in [0.1, 0.15) is 13.2 Å². The Morgan fingerprint density at radius 2 is 0.513 bits per heavy atom. The van der Waals surface area contributed by atoms with E-state index in [-0.39, 0.29) is 31.1 Å². The van der Waals surface area contributed by atoms with E-state index < -0.39 is 6.10 Å². The number of carbonyl (C=O) groups excluding carboxylic acids is 3. The average molecular weight is 1060 g/mol. The summed E-state index contributed by atoms with van der Waals surface area (Å²) in [4.78, 5) is 37.9. The maximum atomic E-state index is 12.8. The van der Waals surface area contributed by atoms with E-state index in [1.165, 1.54) is 128 Å². The van der Waals surface area contributed by atoms with Gasteiger partial charge in [0, 0.05) is 19.3 Å². The van der Waals surface area contributed by atoms with Gasteiger partial charge in [-0.05, 0) is 89.9 Å². The molecule has 0 aromatic heterocycles. The maximum absolute atomic E-state index is 12.8. The molecule has 0 saturated carbocycles. The normalized spacial score (nSPS) is 12.8. The van der Waals surface area contributed by atoms with Crippen molar-refractivity contribution in [2.24, 2.45) is 0 Å². The summed E-state index contributed by atoms with van der Waals surface area (Å²) in [6.45, 7) is 6.44. The summed E-state index contributed by atoms with van der Waals surface area (Å²) in [6.07, 6.45) is 87.2. The molecule has 0 bridgehead atoms. The number of hydrogen-bond donors (Lipinski definition) is 0. The van der Waals surface area contributed by atoms with Crippen molar-refractivity contribution in [1.29, 1.82) is 0 Å². The van der Waals surface area contributed by atoms with Gasteiger partial charge in [0.25, 0.3) is 0 Å². The first-order chi connectivity index (χ1) is 37.5. The topological polar surface area (TPSA) is 78.9 Å². The van der Waals surface area contributed by atoms with Crippen molar-refractivity contribution in [2.45, 2.75) is 303 Å². The summed E-state index contributed by atoms with van der Waals surface area (Å²) in [5, 5.41) is 0. The third-order valence-corrected chi connectivity index (χ3v) is 13.5. The van der Waals surface area contributed by atoms with Gasteiger partial charge in [-0.2, -0.15) is 0 Å². The van der Waals surface area contributed by atoms with Crippen molar-refractivity contribution < 1.29 is 28.6 Å². The smallest absolute Gasteiger partial charge is 0.306 e. The first kappa shape index (κ1) is 72.1. The fourth-order valence-corrected chi connectivity index (χ4v) is 8.79. The summed E-state index contributed by atoms with van der Waals surface area (Å²) in [7, 11) is 0. The van der Waals surface area contributed by atoms with Gasteiger partial charge in [0.2, 0.25) is 0 Å². The van der Waals surface area contributed by atoms with Crippen LogP contribution in [0, 0.1) is 0 Å². The van der Waals surface area contributed by atoms with Crippen LogP contribution < -0.4 is 0 Å². The molecule has 0 N–H and O–H groups in total. The van der Waals surface area contributed by atoms with Crippen LogP contribution in [0.3, 0.4) is 0 Å². The first-order valence-corrected chi connectivity index (χ1v) is 31.9. The minimum atomic E-state index is -0.788. The van der Waals surface area contributed by atoms with E-state index in [2.05, 4.69) is 130 Å². The quantitative estimate of drug-likeness (QED) is 0.0261. The van der Waals surface area contributed by atoms with E-state index >= 15 is 0 Å². The molecule has 0 aliphatic rings. The van der Waals surface area contributed by atoms with Crippen molar-refractivity contribution in [3.63, 3.8) is 0 Å². The summed E-state index contributed by atoms with van der Waals surface area (Å²) >= 11 is 0. The molecule has 0 rings (SSSR count). The molecule has 1 unspecified atom stereocenters. The molecule has 0 aliphatic heterocycles. The van der Waals surface area contributed by atoms with E-state index in [9.17, 15) is 14.4 Å². The molecule has 6 nitrogen and oxygen atoms in total. The maximum Gasteiger partial charge on any atom is 0.306 e. The molecule has 0 aliphatic carbocycles. The molecule has 0 aromatic carbocycles. The van der Waals surface area contributed by atoms with Gasteiger partial charge >= 0.3 is 17.9 Å². The minimum absolute atomic E-state index is 0.0878. The van der Waals surface area contributed by atoms with Crippen molar-refractivity contribution >= 4 is 17.9 Å². The highest BCUT2D eigenvalue weighted by molar-refractivity contribution is 5.71. The highest BCUT2D eigenvalue weighted by Crippen LogP contribution is 2.17.